The van der Waals surface area contributed by atoms with Crippen LogP contribution in [0.3, 0.4) is 0 Å². The van der Waals surface area contributed by atoms with Crippen molar-refractivity contribution in [2.45, 2.75) is 77.9 Å². The molecule has 0 amide bonds. The van der Waals surface area contributed by atoms with E-state index in [1.165, 1.54) is 37.7 Å². The van der Waals surface area contributed by atoms with Gasteiger partial charge in [-0.2, -0.15) is 5.10 Å². The summed E-state index contributed by atoms with van der Waals surface area (Å²) in [5.74, 6) is 0.867. The molecule has 1 N–H and O–H groups in total. The summed E-state index contributed by atoms with van der Waals surface area (Å²) in [4.78, 5) is 0. The molecule has 0 unspecified atom stereocenters. The molecule has 3 heteroatoms. The Labute approximate surface area is 117 Å². The zero-order valence-corrected chi connectivity index (χ0v) is 12.9. The van der Waals surface area contributed by atoms with Crippen LogP contribution in [-0.4, -0.2) is 15.8 Å². The van der Waals surface area contributed by atoms with Gasteiger partial charge in [-0.05, 0) is 46.5 Å². The number of nitrogens with zero attached hydrogens (tertiary/aromatic N) is 2. The Morgan fingerprint density at radius 2 is 2.00 bits per heavy atom. The van der Waals surface area contributed by atoms with Gasteiger partial charge in [-0.15, -0.1) is 0 Å². The summed E-state index contributed by atoms with van der Waals surface area (Å²) < 4.78 is 2.05. The lowest BCUT2D eigenvalue weighted by Crippen LogP contribution is -2.34. The van der Waals surface area contributed by atoms with Crippen molar-refractivity contribution in [2.24, 2.45) is 5.92 Å². The van der Waals surface area contributed by atoms with Crippen molar-refractivity contribution in [3.8, 4) is 0 Å². The molecule has 1 aromatic rings. The van der Waals surface area contributed by atoms with Crippen molar-refractivity contribution in [2.75, 3.05) is 0 Å². The third kappa shape index (κ3) is 4.07. The minimum Gasteiger partial charge on any atom is -0.310 e. The van der Waals surface area contributed by atoms with Crippen LogP contribution in [-0.2, 0) is 12.1 Å². The maximum Gasteiger partial charge on any atom is 0.0543 e. The van der Waals surface area contributed by atoms with Crippen molar-refractivity contribution in [3.05, 3.63) is 18.0 Å². The Morgan fingerprint density at radius 1 is 1.32 bits per heavy atom. The Balaban J connectivity index is 1.83. The van der Waals surface area contributed by atoms with Gasteiger partial charge >= 0.3 is 0 Å². The Kier molecular flexibility index (Phi) is 4.67. The van der Waals surface area contributed by atoms with Crippen molar-refractivity contribution in [3.63, 3.8) is 0 Å². The molecule has 2 rings (SSSR count). The molecule has 1 saturated carbocycles. The van der Waals surface area contributed by atoms with E-state index >= 15 is 0 Å². The van der Waals surface area contributed by atoms with E-state index in [1.54, 1.807) is 0 Å². The van der Waals surface area contributed by atoms with Gasteiger partial charge in [0.25, 0.3) is 0 Å². The lowest BCUT2D eigenvalue weighted by Gasteiger charge is -2.28. The van der Waals surface area contributed by atoms with Crippen LogP contribution in [0.5, 0.6) is 0 Å². The fourth-order valence-electron chi connectivity index (χ4n) is 2.90. The largest absolute Gasteiger partial charge is 0.310 e. The lowest BCUT2D eigenvalue weighted by atomic mass is 9.84. The van der Waals surface area contributed by atoms with Crippen LogP contribution in [0.2, 0.25) is 0 Å². The SMILES string of the molecule is C[C@H](NCc1cnn(C(C)(C)C)c1)C1CCCCC1. The zero-order valence-electron chi connectivity index (χ0n) is 12.9. The molecule has 108 valence electrons. The molecule has 1 aliphatic carbocycles. The third-order valence-electron chi connectivity index (χ3n) is 4.31. The first-order valence-corrected chi connectivity index (χ1v) is 7.74. The van der Waals surface area contributed by atoms with Crippen molar-refractivity contribution < 1.29 is 0 Å². The highest BCUT2D eigenvalue weighted by atomic mass is 15.3. The van der Waals surface area contributed by atoms with Gasteiger partial charge in [0.1, 0.15) is 0 Å². The normalized spacial score (nSPS) is 19.6. The summed E-state index contributed by atoms with van der Waals surface area (Å²) >= 11 is 0. The molecule has 3 nitrogen and oxygen atoms in total. The quantitative estimate of drug-likeness (QED) is 0.897. The van der Waals surface area contributed by atoms with Crippen molar-refractivity contribution in [1.82, 2.24) is 15.1 Å². The van der Waals surface area contributed by atoms with Crippen LogP contribution in [0.4, 0.5) is 0 Å². The summed E-state index contributed by atoms with van der Waals surface area (Å²) in [5, 5.41) is 8.13. The summed E-state index contributed by atoms with van der Waals surface area (Å²) in [6, 6.07) is 0.623. The predicted octanol–water partition coefficient (Wildman–Crippen LogP) is 3.70. The number of nitrogens with one attached hydrogen (secondary N) is 1. The van der Waals surface area contributed by atoms with Crippen LogP contribution in [0.25, 0.3) is 0 Å². The van der Waals surface area contributed by atoms with Gasteiger partial charge in [0.15, 0.2) is 0 Å². The van der Waals surface area contributed by atoms with Crippen molar-refractivity contribution >= 4 is 0 Å². The van der Waals surface area contributed by atoms with Gasteiger partial charge in [0, 0.05) is 24.3 Å². The second-order valence-electron chi connectivity index (χ2n) is 7.03. The first-order chi connectivity index (χ1) is 8.97. The summed E-state index contributed by atoms with van der Waals surface area (Å²) in [7, 11) is 0. The molecule has 0 radical (unpaired) electrons. The van der Waals surface area contributed by atoms with Crippen LogP contribution in [0, 0.1) is 5.92 Å². The predicted molar refractivity (Wildman–Crippen MR) is 80.1 cm³/mol. The van der Waals surface area contributed by atoms with Gasteiger partial charge < -0.3 is 5.32 Å². The molecule has 0 aliphatic heterocycles. The molecular formula is C16H29N3. The number of rotatable bonds is 4. The molecule has 1 heterocycles. The summed E-state index contributed by atoms with van der Waals surface area (Å²) in [5.41, 5.74) is 1.37. The van der Waals surface area contributed by atoms with E-state index in [1.807, 2.05) is 6.20 Å². The Morgan fingerprint density at radius 3 is 2.58 bits per heavy atom. The minimum absolute atomic E-state index is 0.0766. The molecule has 0 saturated heterocycles. The average Bonchev–Trinajstić information content (AvgIpc) is 2.86. The summed E-state index contributed by atoms with van der Waals surface area (Å²) in [6.07, 6.45) is 11.2. The van der Waals surface area contributed by atoms with E-state index in [2.05, 4.69) is 49.0 Å². The van der Waals surface area contributed by atoms with Gasteiger partial charge in [-0.3, -0.25) is 4.68 Å². The van der Waals surface area contributed by atoms with Gasteiger partial charge in [-0.25, -0.2) is 0 Å². The van der Waals surface area contributed by atoms with E-state index in [4.69, 9.17) is 0 Å². The molecule has 0 bridgehead atoms. The topological polar surface area (TPSA) is 29.9 Å². The number of aromatic nitrogens is 2. The van der Waals surface area contributed by atoms with Gasteiger partial charge in [-0.1, -0.05) is 19.3 Å². The zero-order chi connectivity index (χ0) is 13.9. The molecule has 1 aliphatic rings. The molecule has 1 fully saturated rings. The van der Waals surface area contributed by atoms with Gasteiger partial charge in [0.2, 0.25) is 0 Å². The molecular weight excluding hydrogens is 234 g/mol. The van der Waals surface area contributed by atoms with E-state index in [0.717, 1.165) is 12.5 Å². The standard InChI is InChI=1S/C16H29N3/c1-13(15-8-6-5-7-9-15)17-10-14-11-18-19(12-14)16(2,3)4/h11-13,15,17H,5-10H2,1-4H3/t13-/m0/s1. The Hall–Kier alpha value is -0.830. The highest BCUT2D eigenvalue weighted by Crippen LogP contribution is 2.26. The second kappa shape index (κ2) is 6.08. The van der Waals surface area contributed by atoms with Crippen LogP contribution in [0.15, 0.2) is 12.4 Å². The monoisotopic (exact) mass is 263 g/mol. The van der Waals surface area contributed by atoms with E-state index in [-0.39, 0.29) is 5.54 Å². The van der Waals surface area contributed by atoms with Crippen molar-refractivity contribution in [1.29, 1.82) is 0 Å². The van der Waals surface area contributed by atoms with Gasteiger partial charge in [0.05, 0.1) is 11.7 Å². The molecule has 0 spiro atoms. The third-order valence-corrected chi connectivity index (χ3v) is 4.31. The number of hydrogen-bond donors (Lipinski definition) is 1. The van der Waals surface area contributed by atoms with E-state index in [0.29, 0.717) is 6.04 Å². The highest BCUT2D eigenvalue weighted by molar-refractivity contribution is 5.05. The Bertz CT molecular complexity index is 383. The highest BCUT2D eigenvalue weighted by Gasteiger charge is 2.20. The van der Waals surface area contributed by atoms with E-state index < -0.39 is 0 Å². The lowest BCUT2D eigenvalue weighted by molar-refractivity contribution is 0.280. The van der Waals surface area contributed by atoms with Crippen LogP contribution in [0.1, 0.15) is 65.4 Å². The van der Waals surface area contributed by atoms with Crippen LogP contribution >= 0.6 is 0 Å². The molecule has 1 atom stereocenters. The first-order valence-electron chi connectivity index (χ1n) is 7.74. The maximum absolute atomic E-state index is 4.45. The summed E-state index contributed by atoms with van der Waals surface area (Å²) in [6.45, 7) is 9.82. The smallest absolute Gasteiger partial charge is 0.0543 e. The van der Waals surface area contributed by atoms with E-state index in [9.17, 15) is 0 Å². The number of hydrogen-bond acceptors (Lipinski definition) is 2. The fraction of sp³-hybridized carbons (Fsp3) is 0.812. The maximum atomic E-state index is 4.45. The molecule has 1 aromatic heterocycles. The minimum atomic E-state index is 0.0766. The molecule has 19 heavy (non-hydrogen) atoms. The fourth-order valence-corrected chi connectivity index (χ4v) is 2.90. The van der Waals surface area contributed by atoms with Crippen LogP contribution < -0.4 is 5.32 Å². The molecule has 0 aromatic carbocycles. The second-order valence-corrected chi connectivity index (χ2v) is 7.03. The first kappa shape index (κ1) is 14.6. The average molecular weight is 263 g/mol.